The van der Waals surface area contributed by atoms with E-state index in [1.165, 1.54) is 11.1 Å². The first kappa shape index (κ1) is 30.0. The normalized spacial score (nSPS) is 14.7. The number of anilines is 1. The fraction of sp³-hybridized carbons (Fsp3) is 0.242. The molecule has 1 fully saturated rings. The zero-order chi connectivity index (χ0) is 29.7. The Balaban J connectivity index is 1.24. The third kappa shape index (κ3) is 6.93. The minimum Gasteiger partial charge on any atom is -0.490 e. The van der Waals surface area contributed by atoms with Gasteiger partial charge >= 0.3 is 0 Å². The van der Waals surface area contributed by atoms with E-state index in [9.17, 15) is 13.2 Å². The number of piperazine rings is 1. The second-order valence-corrected chi connectivity index (χ2v) is 13.2. The van der Waals surface area contributed by atoms with Gasteiger partial charge in [0.15, 0.2) is 0 Å². The van der Waals surface area contributed by atoms with Crippen LogP contribution in [0.2, 0.25) is 0 Å². The summed E-state index contributed by atoms with van der Waals surface area (Å²) in [4.78, 5) is 15.4. The summed E-state index contributed by atoms with van der Waals surface area (Å²) >= 11 is 3.45. The monoisotopic (exact) mass is 647 g/mol. The molecule has 0 bridgehead atoms. The number of ether oxygens (including phenoxy) is 1. The van der Waals surface area contributed by atoms with E-state index in [-0.39, 0.29) is 22.9 Å². The molecule has 5 rings (SSSR count). The van der Waals surface area contributed by atoms with Gasteiger partial charge in [0.25, 0.3) is 5.91 Å². The molecule has 1 N–H and O–H groups in total. The van der Waals surface area contributed by atoms with Crippen molar-refractivity contribution in [2.45, 2.75) is 30.9 Å². The first-order valence-electron chi connectivity index (χ1n) is 13.9. The number of carbonyl (C=O) groups excluding carboxylic acids is 1. The number of carbonyl (C=O) groups is 1. The van der Waals surface area contributed by atoms with Crippen molar-refractivity contribution in [1.82, 2.24) is 9.21 Å². The molecule has 218 valence electrons. The second kappa shape index (κ2) is 13.2. The summed E-state index contributed by atoms with van der Waals surface area (Å²) in [6, 6.07) is 32.2. The molecule has 0 radical (unpaired) electrons. The van der Waals surface area contributed by atoms with Crippen molar-refractivity contribution in [3.05, 3.63) is 124 Å². The molecule has 1 amide bonds. The van der Waals surface area contributed by atoms with Gasteiger partial charge in [0, 0.05) is 37.4 Å². The molecule has 7 nitrogen and oxygen atoms in total. The van der Waals surface area contributed by atoms with Crippen LogP contribution in [0.4, 0.5) is 5.69 Å². The first-order chi connectivity index (χ1) is 20.2. The summed E-state index contributed by atoms with van der Waals surface area (Å²) in [5.41, 5.74) is 3.34. The van der Waals surface area contributed by atoms with E-state index in [4.69, 9.17) is 4.74 Å². The highest BCUT2D eigenvalue weighted by Gasteiger charge is 2.32. The van der Waals surface area contributed by atoms with Crippen molar-refractivity contribution in [1.29, 1.82) is 0 Å². The molecule has 0 saturated carbocycles. The molecular weight excluding hydrogens is 614 g/mol. The minimum atomic E-state index is -3.68. The second-order valence-electron chi connectivity index (χ2n) is 10.5. The largest absolute Gasteiger partial charge is 0.490 e. The highest BCUT2D eigenvalue weighted by atomic mass is 79.9. The predicted octanol–water partition coefficient (Wildman–Crippen LogP) is 6.58. The number of amides is 1. The molecule has 0 aromatic heterocycles. The van der Waals surface area contributed by atoms with Crippen LogP contribution in [0.15, 0.2) is 112 Å². The maximum atomic E-state index is 13.5. The van der Waals surface area contributed by atoms with Gasteiger partial charge in [-0.1, -0.05) is 60.7 Å². The Morgan fingerprint density at radius 3 is 1.90 bits per heavy atom. The molecule has 0 spiro atoms. The van der Waals surface area contributed by atoms with Crippen molar-refractivity contribution in [2.24, 2.45) is 0 Å². The molecular formula is C33H34BrN3O4S. The summed E-state index contributed by atoms with van der Waals surface area (Å²) in [5, 5.41) is 2.84. The summed E-state index contributed by atoms with van der Waals surface area (Å²) in [5.74, 6) is 0.359. The highest BCUT2D eigenvalue weighted by molar-refractivity contribution is 9.10. The van der Waals surface area contributed by atoms with E-state index < -0.39 is 10.0 Å². The minimum absolute atomic E-state index is 0.0140. The van der Waals surface area contributed by atoms with E-state index in [1.54, 1.807) is 46.8 Å². The van der Waals surface area contributed by atoms with Crippen LogP contribution < -0.4 is 10.1 Å². The lowest BCUT2D eigenvalue weighted by molar-refractivity contribution is 0.102. The molecule has 4 aromatic carbocycles. The molecule has 1 aliphatic rings. The first-order valence-corrected chi connectivity index (χ1v) is 16.2. The van der Waals surface area contributed by atoms with E-state index in [0.717, 1.165) is 0 Å². The van der Waals surface area contributed by atoms with Crippen molar-refractivity contribution >= 4 is 37.5 Å². The van der Waals surface area contributed by atoms with E-state index in [0.29, 0.717) is 47.7 Å². The Hall–Kier alpha value is -3.50. The van der Waals surface area contributed by atoms with Gasteiger partial charge in [-0.3, -0.25) is 9.69 Å². The van der Waals surface area contributed by atoms with Crippen LogP contribution in [0.3, 0.4) is 0 Å². The number of rotatable bonds is 9. The highest BCUT2D eigenvalue weighted by Crippen LogP contribution is 2.31. The molecule has 4 aromatic rings. The van der Waals surface area contributed by atoms with E-state index >= 15 is 0 Å². The molecule has 1 heterocycles. The number of sulfonamides is 1. The molecule has 1 aliphatic heterocycles. The van der Waals surface area contributed by atoms with Crippen LogP contribution in [0.5, 0.6) is 5.75 Å². The lowest BCUT2D eigenvalue weighted by Gasteiger charge is -2.39. The topological polar surface area (TPSA) is 78.9 Å². The summed E-state index contributed by atoms with van der Waals surface area (Å²) in [6.45, 7) is 5.87. The molecule has 0 atom stereocenters. The molecule has 0 unspecified atom stereocenters. The number of hydrogen-bond donors (Lipinski definition) is 1. The fourth-order valence-electron chi connectivity index (χ4n) is 5.14. The summed E-state index contributed by atoms with van der Waals surface area (Å²) in [6.07, 6.45) is 0.0140. The van der Waals surface area contributed by atoms with Crippen LogP contribution in [0, 0.1) is 0 Å². The van der Waals surface area contributed by atoms with E-state index in [2.05, 4.69) is 50.4 Å². The standard InChI is InChI=1S/C33H34BrN3O4S/c1-24(2)41-31-18-13-27(23-30(31)34)33(38)35-28-14-16-29(17-15-28)42(39,40)37-21-19-36(20-22-37)32(25-9-5-3-6-10-25)26-11-7-4-8-12-26/h3-18,23-24,32H,19-22H2,1-2H3,(H,35,38). The third-order valence-corrected chi connectivity index (χ3v) is 9.71. The van der Waals surface area contributed by atoms with Crippen LogP contribution in [0.25, 0.3) is 0 Å². The number of benzene rings is 4. The quantitative estimate of drug-likeness (QED) is 0.222. The fourth-order valence-corrected chi connectivity index (χ4v) is 7.04. The van der Waals surface area contributed by atoms with Gasteiger partial charge in [-0.2, -0.15) is 4.31 Å². The van der Waals surface area contributed by atoms with Crippen LogP contribution in [-0.4, -0.2) is 55.8 Å². The van der Waals surface area contributed by atoms with Gasteiger partial charge in [-0.25, -0.2) is 8.42 Å². The zero-order valence-corrected chi connectivity index (χ0v) is 26.0. The van der Waals surface area contributed by atoms with Crippen LogP contribution >= 0.6 is 15.9 Å². The molecule has 1 saturated heterocycles. The van der Waals surface area contributed by atoms with Crippen LogP contribution in [-0.2, 0) is 10.0 Å². The number of hydrogen-bond acceptors (Lipinski definition) is 5. The Morgan fingerprint density at radius 1 is 0.810 bits per heavy atom. The Bertz CT molecular complexity index is 1570. The molecule has 9 heteroatoms. The zero-order valence-electron chi connectivity index (χ0n) is 23.6. The van der Waals surface area contributed by atoms with Gasteiger partial charge < -0.3 is 10.1 Å². The SMILES string of the molecule is CC(C)Oc1ccc(C(=O)Nc2ccc(S(=O)(=O)N3CCN(C(c4ccccc4)c4ccccc4)CC3)cc2)cc1Br. The average Bonchev–Trinajstić information content (AvgIpc) is 3.00. The Morgan fingerprint density at radius 2 is 1.38 bits per heavy atom. The van der Waals surface area contributed by atoms with Crippen molar-refractivity contribution in [3.63, 3.8) is 0 Å². The van der Waals surface area contributed by atoms with Gasteiger partial charge in [-0.05, 0) is 83.4 Å². The predicted molar refractivity (Wildman–Crippen MR) is 169 cm³/mol. The Kier molecular flexibility index (Phi) is 9.43. The number of nitrogens with zero attached hydrogens (tertiary/aromatic N) is 2. The van der Waals surface area contributed by atoms with Crippen molar-refractivity contribution in [3.8, 4) is 5.75 Å². The maximum absolute atomic E-state index is 13.5. The van der Waals surface area contributed by atoms with Gasteiger partial charge in [0.2, 0.25) is 10.0 Å². The number of halogens is 1. The van der Waals surface area contributed by atoms with Crippen molar-refractivity contribution in [2.75, 3.05) is 31.5 Å². The lowest BCUT2D eigenvalue weighted by Crippen LogP contribution is -2.49. The number of nitrogens with one attached hydrogen (secondary N) is 1. The van der Waals surface area contributed by atoms with Gasteiger partial charge in [0.1, 0.15) is 5.75 Å². The molecule has 0 aliphatic carbocycles. The maximum Gasteiger partial charge on any atom is 0.255 e. The average molecular weight is 649 g/mol. The van der Waals surface area contributed by atoms with Gasteiger partial charge in [0.05, 0.1) is 21.5 Å². The van der Waals surface area contributed by atoms with Gasteiger partial charge in [-0.15, -0.1) is 0 Å². The smallest absolute Gasteiger partial charge is 0.255 e. The summed E-state index contributed by atoms with van der Waals surface area (Å²) in [7, 11) is -3.68. The lowest BCUT2D eigenvalue weighted by atomic mass is 9.96. The summed E-state index contributed by atoms with van der Waals surface area (Å²) < 4.78 is 35.0. The van der Waals surface area contributed by atoms with E-state index in [1.807, 2.05) is 50.2 Å². The molecule has 42 heavy (non-hydrogen) atoms. The Labute approximate surface area is 256 Å². The van der Waals surface area contributed by atoms with Crippen LogP contribution in [0.1, 0.15) is 41.4 Å². The third-order valence-electron chi connectivity index (χ3n) is 7.18. The van der Waals surface area contributed by atoms with Crippen molar-refractivity contribution < 1.29 is 17.9 Å².